The van der Waals surface area contributed by atoms with Crippen molar-refractivity contribution in [3.63, 3.8) is 0 Å². The van der Waals surface area contributed by atoms with Gasteiger partial charge in [0.15, 0.2) is 23.6 Å². The van der Waals surface area contributed by atoms with E-state index in [2.05, 4.69) is 25.2 Å². The number of anilines is 1. The highest BCUT2D eigenvalue weighted by molar-refractivity contribution is 5.84. The molecule has 5 rings (SSSR count). The second-order valence-corrected chi connectivity index (χ2v) is 8.36. The molecule has 0 atom stereocenters. The average Bonchev–Trinajstić information content (AvgIpc) is 3.38. The number of ether oxygens (including phenoxy) is 3. The van der Waals surface area contributed by atoms with Crippen LogP contribution in [-0.2, 0) is 4.79 Å². The Labute approximate surface area is 214 Å². The van der Waals surface area contributed by atoms with E-state index in [-0.39, 0.29) is 12.5 Å². The van der Waals surface area contributed by atoms with E-state index in [9.17, 15) is 4.79 Å². The molecule has 0 bridgehead atoms. The maximum atomic E-state index is 12.7. The van der Waals surface area contributed by atoms with Gasteiger partial charge in [0.1, 0.15) is 23.6 Å². The van der Waals surface area contributed by atoms with Gasteiger partial charge in [0.25, 0.3) is 5.91 Å². The summed E-state index contributed by atoms with van der Waals surface area (Å²) in [5, 5.41) is 8.69. The number of fused-ring (bicyclic) bond motifs is 1. The Morgan fingerprint density at radius 2 is 1.41 bits per heavy atom. The molecule has 0 aliphatic carbocycles. The number of piperazine rings is 1. The van der Waals surface area contributed by atoms with E-state index >= 15 is 0 Å². The first kappa shape index (κ1) is 24.3. The van der Waals surface area contributed by atoms with E-state index in [1.807, 2.05) is 50.2 Å². The van der Waals surface area contributed by atoms with Crippen LogP contribution >= 0.6 is 0 Å². The SMILES string of the molecule is CCOc1ccc(OCC(=O)N2CCN(c3ncnc4c3nnn4-c3ccc(OCC)cc3)CC2)cc1. The fourth-order valence-corrected chi connectivity index (χ4v) is 4.20. The van der Waals surface area contributed by atoms with Crippen molar-refractivity contribution in [1.82, 2.24) is 29.9 Å². The Morgan fingerprint density at radius 1 is 0.811 bits per heavy atom. The highest BCUT2D eigenvalue weighted by Gasteiger charge is 2.25. The van der Waals surface area contributed by atoms with Crippen LogP contribution in [0.3, 0.4) is 0 Å². The van der Waals surface area contributed by atoms with Crippen LogP contribution in [0.2, 0.25) is 0 Å². The lowest BCUT2D eigenvalue weighted by Gasteiger charge is -2.35. The normalized spacial score (nSPS) is 13.6. The molecule has 2 aromatic carbocycles. The Balaban J connectivity index is 1.21. The summed E-state index contributed by atoms with van der Waals surface area (Å²) in [7, 11) is 0. The minimum atomic E-state index is -0.0530. The number of carbonyl (C=O) groups excluding carboxylic acids is 1. The molecular weight excluding hydrogens is 474 g/mol. The van der Waals surface area contributed by atoms with Crippen molar-refractivity contribution in [2.24, 2.45) is 0 Å². The molecular formula is C26H29N7O4. The third-order valence-corrected chi connectivity index (χ3v) is 6.04. The zero-order chi connectivity index (χ0) is 25.6. The average molecular weight is 504 g/mol. The third kappa shape index (κ3) is 5.40. The molecule has 3 heterocycles. The Morgan fingerprint density at radius 3 is 2.03 bits per heavy atom. The predicted octanol–water partition coefficient (Wildman–Crippen LogP) is 2.74. The van der Waals surface area contributed by atoms with E-state index in [4.69, 9.17) is 14.2 Å². The summed E-state index contributed by atoms with van der Waals surface area (Å²) in [5.74, 6) is 2.86. The van der Waals surface area contributed by atoms with Gasteiger partial charge in [0.05, 0.1) is 18.9 Å². The molecule has 11 heteroatoms. The van der Waals surface area contributed by atoms with Crippen LogP contribution in [0.25, 0.3) is 16.9 Å². The molecule has 37 heavy (non-hydrogen) atoms. The quantitative estimate of drug-likeness (QED) is 0.341. The van der Waals surface area contributed by atoms with Crippen LogP contribution < -0.4 is 19.1 Å². The Kier molecular flexibility index (Phi) is 7.29. The molecule has 1 amide bonds. The summed E-state index contributed by atoms with van der Waals surface area (Å²) < 4.78 is 18.3. The summed E-state index contributed by atoms with van der Waals surface area (Å²) in [5.41, 5.74) is 2.07. The number of rotatable bonds is 9. The number of hydrogen-bond acceptors (Lipinski definition) is 9. The minimum absolute atomic E-state index is 0.0118. The van der Waals surface area contributed by atoms with Crippen molar-refractivity contribution in [2.75, 3.05) is 50.9 Å². The molecule has 1 fully saturated rings. The fourth-order valence-electron chi connectivity index (χ4n) is 4.20. The van der Waals surface area contributed by atoms with Gasteiger partial charge in [-0.1, -0.05) is 5.21 Å². The summed E-state index contributed by atoms with van der Waals surface area (Å²) in [6.45, 7) is 7.44. The van der Waals surface area contributed by atoms with Crippen LogP contribution in [0.1, 0.15) is 13.8 Å². The van der Waals surface area contributed by atoms with E-state index < -0.39 is 0 Å². The largest absolute Gasteiger partial charge is 0.494 e. The van der Waals surface area contributed by atoms with Crippen LogP contribution in [-0.4, -0.2) is 81.8 Å². The molecule has 192 valence electrons. The summed E-state index contributed by atoms with van der Waals surface area (Å²) in [6.07, 6.45) is 1.52. The predicted molar refractivity (Wildman–Crippen MR) is 138 cm³/mol. The number of carbonyl (C=O) groups is 1. The van der Waals surface area contributed by atoms with E-state index in [0.29, 0.717) is 62.1 Å². The number of amides is 1. The first-order valence-electron chi connectivity index (χ1n) is 12.3. The summed E-state index contributed by atoms with van der Waals surface area (Å²) in [4.78, 5) is 25.5. The number of aromatic nitrogens is 5. The van der Waals surface area contributed by atoms with Gasteiger partial charge >= 0.3 is 0 Å². The van der Waals surface area contributed by atoms with E-state index in [1.54, 1.807) is 21.7 Å². The van der Waals surface area contributed by atoms with Crippen LogP contribution in [0.15, 0.2) is 54.9 Å². The first-order chi connectivity index (χ1) is 18.2. The topological polar surface area (TPSA) is 108 Å². The monoisotopic (exact) mass is 503 g/mol. The van der Waals surface area contributed by atoms with Gasteiger partial charge in [0.2, 0.25) is 0 Å². The molecule has 0 saturated carbocycles. The van der Waals surface area contributed by atoms with Crippen LogP contribution in [0.4, 0.5) is 5.82 Å². The Hall–Kier alpha value is -4.41. The van der Waals surface area contributed by atoms with Gasteiger partial charge in [-0.05, 0) is 62.4 Å². The lowest BCUT2D eigenvalue weighted by Crippen LogP contribution is -2.50. The van der Waals surface area contributed by atoms with Crippen molar-refractivity contribution in [1.29, 1.82) is 0 Å². The molecule has 1 aliphatic heterocycles. The highest BCUT2D eigenvalue weighted by Crippen LogP contribution is 2.24. The standard InChI is InChI=1S/C26H29N7O4/c1-3-35-20-7-5-19(6-8-20)33-26-24(29-30-33)25(27-18-28-26)32-15-13-31(14-16-32)23(34)17-37-22-11-9-21(10-12-22)36-4-2/h5-12,18H,3-4,13-17H2,1-2H3. The van der Waals surface area contributed by atoms with Crippen LogP contribution in [0.5, 0.6) is 17.2 Å². The molecule has 1 aliphatic rings. The number of nitrogens with zero attached hydrogens (tertiary/aromatic N) is 7. The smallest absolute Gasteiger partial charge is 0.260 e. The molecule has 0 N–H and O–H groups in total. The van der Waals surface area contributed by atoms with Gasteiger partial charge in [0, 0.05) is 26.2 Å². The number of benzene rings is 2. The summed E-state index contributed by atoms with van der Waals surface area (Å²) in [6, 6.07) is 14.9. The molecule has 0 unspecified atom stereocenters. The second-order valence-electron chi connectivity index (χ2n) is 8.36. The van der Waals surface area contributed by atoms with E-state index in [1.165, 1.54) is 6.33 Å². The molecule has 0 spiro atoms. The summed E-state index contributed by atoms with van der Waals surface area (Å²) >= 11 is 0. The van der Waals surface area contributed by atoms with Gasteiger partial charge in [-0.2, -0.15) is 4.68 Å². The lowest BCUT2D eigenvalue weighted by atomic mass is 10.3. The molecule has 11 nitrogen and oxygen atoms in total. The highest BCUT2D eigenvalue weighted by atomic mass is 16.5. The van der Waals surface area contributed by atoms with E-state index in [0.717, 1.165) is 17.2 Å². The van der Waals surface area contributed by atoms with Gasteiger partial charge < -0.3 is 24.0 Å². The second kappa shape index (κ2) is 11.1. The Bertz CT molecular complexity index is 1330. The third-order valence-electron chi connectivity index (χ3n) is 6.04. The molecule has 2 aromatic heterocycles. The molecule has 0 radical (unpaired) electrons. The van der Waals surface area contributed by atoms with Crippen molar-refractivity contribution in [2.45, 2.75) is 13.8 Å². The van der Waals surface area contributed by atoms with Crippen molar-refractivity contribution in [3.8, 4) is 22.9 Å². The number of hydrogen-bond donors (Lipinski definition) is 0. The zero-order valence-corrected chi connectivity index (χ0v) is 20.9. The van der Waals surface area contributed by atoms with Crippen molar-refractivity contribution in [3.05, 3.63) is 54.9 Å². The zero-order valence-electron chi connectivity index (χ0n) is 20.9. The fraction of sp³-hybridized carbons (Fsp3) is 0.346. The first-order valence-corrected chi connectivity index (χ1v) is 12.3. The van der Waals surface area contributed by atoms with Crippen molar-refractivity contribution < 1.29 is 19.0 Å². The lowest BCUT2D eigenvalue weighted by molar-refractivity contribution is -0.133. The molecule has 4 aromatic rings. The minimum Gasteiger partial charge on any atom is -0.494 e. The van der Waals surface area contributed by atoms with Crippen LogP contribution in [0, 0.1) is 0 Å². The maximum absolute atomic E-state index is 12.7. The van der Waals surface area contributed by atoms with Crippen molar-refractivity contribution >= 4 is 22.9 Å². The van der Waals surface area contributed by atoms with Gasteiger partial charge in [-0.3, -0.25) is 4.79 Å². The van der Waals surface area contributed by atoms with Gasteiger partial charge in [-0.15, -0.1) is 5.10 Å². The maximum Gasteiger partial charge on any atom is 0.260 e. The van der Waals surface area contributed by atoms with Gasteiger partial charge in [-0.25, -0.2) is 9.97 Å². The molecule has 1 saturated heterocycles.